The average Bonchev–Trinajstić information content (AvgIpc) is 2.95. The monoisotopic (exact) mass is 415 g/mol. The third-order valence-electron chi connectivity index (χ3n) is 6.01. The van der Waals surface area contributed by atoms with Gasteiger partial charge in [0.15, 0.2) is 0 Å². The molecule has 7 heteroatoms. The van der Waals surface area contributed by atoms with Crippen LogP contribution in [0.3, 0.4) is 0 Å². The Bertz CT molecular complexity index is 840. The van der Waals surface area contributed by atoms with E-state index in [-0.39, 0.29) is 11.9 Å². The summed E-state index contributed by atoms with van der Waals surface area (Å²) < 4.78 is 17.9. The minimum atomic E-state index is -0.678. The maximum absolute atomic E-state index is 13.1. The van der Waals surface area contributed by atoms with E-state index >= 15 is 0 Å². The number of benzene rings is 1. The summed E-state index contributed by atoms with van der Waals surface area (Å²) in [5.41, 5.74) is 0.625. The van der Waals surface area contributed by atoms with Gasteiger partial charge in [0.2, 0.25) is 0 Å². The van der Waals surface area contributed by atoms with Gasteiger partial charge in [-0.2, -0.15) is 0 Å². The Labute approximate surface area is 180 Å². The Hall–Kier alpha value is -1.86. The van der Waals surface area contributed by atoms with Gasteiger partial charge < -0.3 is 14.0 Å². The van der Waals surface area contributed by atoms with E-state index in [0.717, 1.165) is 11.0 Å². The van der Waals surface area contributed by atoms with Crippen molar-refractivity contribution in [2.75, 3.05) is 0 Å². The predicted molar refractivity (Wildman–Crippen MR) is 117 cm³/mol. The lowest BCUT2D eigenvalue weighted by Crippen LogP contribution is -2.41. The van der Waals surface area contributed by atoms with Gasteiger partial charge >= 0.3 is 13.2 Å². The Morgan fingerprint density at radius 2 is 1.73 bits per heavy atom. The van der Waals surface area contributed by atoms with Crippen molar-refractivity contribution in [3.63, 3.8) is 0 Å². The number of fused-ring (bicyclic) bond motifs is 1. The number of ether oxygens (including phenoxy) is 1. The van der Waals surface area contributed by atoms with E-state index in [4.69, 9.17) is 14.0 Å². The molecule has 0 unspecified atom stereocenters. The van der Waals surface area contributed by atoms with Crippen molar-refractivity contribution >= 4 is 24.6 Å². The van der Waals surface area contributed by atoms with Crippen LogP contribution < -0.4 is 5.46 Å². The molecule has 1 atom stereocenters. The summed E-state index contributed by atoms with van der Waals surface area (Å²) in [4.78, 5) is 27.3. The van der Waals surface area contributed by atoms with E-state index in [9.17, 15) is 9.59 Å². The van der Waals surface area contributed by atoms with Crippen LogP contribution in [0.25, 0.3) is 0 Å². The molecule has 2 amide bonds. The van der Waals surface area contributed by atoms with Crippen LogP contribution in [-0.4, -0.2) is 40.8 Å². The molecular weight excluding hydrogens is 381 g/mol. The first-order valence-corrected chi connectivity index (χ1v) is 10.7. The van der Waals surface area contributed by atoms with E-state index in [1.807, 2.05) is 39.8 Å². The molecule has 1 saturated heterocycles. The molecule has 6 nitrogen and oxygen atoms in total. The Morgan fingerprint density at radius 3 is 2.23 bits per heavy atom. The molecule has 0 aliphatic carbocycles. The molecule has 3 rings (SSSR count). The van der Waals surface area contributed by atoms with Gasteiger partial charge in [-0.05, 0) is 77.9 Å². The smallest absolute Gasteiger partial charge is 0.443 e. The zero-order chi connectivity index (χ0) is 22.6. The first kappa shape index (κ1) is 22.8. The lowest BCUT2D eigenvalue weighted by atomic mass is 9.77. The third kappa shape index (κ3) is 4.15. The van der Waals surface area contributed by atoms with Crippen molar-refractivity contribution in [2.45, 2.75) is 91.6 Å². The van der Waals surface area contributed by atoms with Crippen molar-refractivity contribution < 1.29 is 23.6 Å². The zero-order valence-corrected chi connectivity index (χ0v) is 19.7. The van der Waals surface area contributed by atoms with E-state index < -0.39 is 30.0 Å². The highest BCUT2D eigenvalue weighted by molar-refractivity contribution is 6.62. The molecule has 2 aliphatic heterocycles. The molecule has 0 N–H and O–H groups in total. The van der Waals surface area contributed by atoms with Crippen LogP contribution >= 0.6 is 0 Å². The molecule has 1 fully saturated rings. The topological polar surface area (TPSA) is 65.1 Å². The van der Waals surface area contributed by atoms with Crippen LogP contribution in [0, 0.1) is 5.92 Å². The lowest BCUT2D eigenvalue weighted by Gasteiger charge is -2.32. The van der Waals surface area contributed by atoms with Crippen LogP contribution in [0.1, 0.15) is 90.7 Å². The molecule has 1 aromatic rings. The molecule has 0 aromatic heterocycles. The summed E-state index contributed by atoms with van der Waals surface area (Å²) in [7, 11) is -0.523. The van der Waals surface area contributed by atoms with Crippen molar-refractivity contribution in [3.05, 3.63) is 29.3 Å². The second kappa shape index (κ2) is 7.38. The quantitative estimate of drug-likeness (QED) is 0.682. The summed E-state index contributed by atoms with van der Waals surface area (Å²) in [6.45, 7) is 17.6. The summed E-state index contributed by atoms with van der Waals surface area (Å²) in [5, 5.41) is 0. The summed E-state index contributed by atoms with van der Waals surface area (Å²) in [6, 6.07) is 5.21. The van der Waals surface area contributed by atoms with Gasteiger partial charge in [0.1, 0.15) is 5.60 Å². The molecule has 2 aliphatic rings. The van der Waals surface area contributed by atoms with Crippen LogP contribution in [0.5, 0.6) is 0 Å². The molecular formula is C23H34BNO5. The van der Waals surface area contributed by atoms with Crippen LogP contribution in [0.2, 0.25) is 0 Å². The number of nitrogens with zero attached hydrogens (tertiary/aromatic N) is 1. The normalized spacial score (nSPS) is 22.6. The van der Waals surface area contributed by atoms with Crippen LogP contribution in [-0.2, 0) is 14.0 Å². The Morgan fingerprint density at radius 1 is 1.17 bits per heavy atom. The maximum Gasteiger partial charge on any atom is 0.494 e. The molecule has 0 bridgehead atoms. The fraction of sp³-hybridized carbons (Fsp3) is 0.652. The van der Waals surface area contributed by atoms with Gasteiger partial charge in [-0.15, -0.1) is 0 Å². The minimum Gasteiger partial charge on any atom is -0.443 e. The molecule has 30 heavy (non-hydrogen) atoms. The summed E-state index contributed by atoms with van der Waals surface area (Å²) >= 11 is 0. The average molecular weight is 415 g/mol. The molecule has 164 valence electrons. The van der Waals surface area contributed by atoms with E-state index in [2.05, 4.69) is 13.8 Å². The van der Waals surface area contributed by atoms with Crippen molar-refractivity contribution in [3.8, 4) is 0 Å². The standard InChI is InChI=1S/C23H34BNO5/c1-14(2)12-18-17-13-15(24-29-22(6,7)23(8,9)30-24)10-11-16(17)19(26)25(18)20(27)28-21(3,4)5/h10-11,13-14,18H,12H2,1-9H3/t18-/m1/s1. The molecule has 1 aromatic carbocycles. The number of amides is 2. The maximum atomic E-state index is 13.1. The summed E-state index contributed by atoms with van der Waals surface area (Å²) in [5.74, 6) is -0.0236. The van der Waals surface area contributed by atoms with Gasteiger partial charge in [0, 0.05) is 5.56 Å². The molecule has 0 spiro atoms. The van der Waals surface area contributed by atoms with Gasteiger partial charge in [-0.1, -0.05) is 26.0 Å². The number of hydrogen-bond donors (Lipinski definition) is 0. The van der Waals surface area contributed by atoms with E-state index in [1.54, 1.807) is 26.8 Å². The number of rotatable bonds is 3. The first-order valence-electron chi connectivity index (χ1n) is 10.7. The Kier molecular flexibility index (Phi) is 5.61. The van der Waals surface area contributed by atoms with Gasteiger partial charge in [0.25, 0.3) is 5.91 Å². The number of carbonyl (C=O) groups excluding carboxylic acids is 2. The molecule has 0 saturated carbocycles. The number of hydrogen-bond acceptors (Lipinski definition) is 5. The number of imide groups is 1. The number of carbonyl (C=O) groups is 2. The lowest BCUT2D eigenvalue weighted by molar-refractivity contribution is 0.00578. The third-order valence-corrected chi connectivity index (χ3v) is 6.01. The van der Waals surface area contributed by atoms with Crippen molar-refractivity contribution in [2.24, 2.45) is 5.92 Å². The molecule has 0 radical (unpaired) electrons. The minimum absolute atomic E-state index is 0.291. The highest BCUT2D eigenvalue weighted by atomic mass is 16.7. The van der Waals surface area contributed by atoms with Gasteiger partial charge in [0.05, 0.1) is 17.2 Å². The highest BCUT2D eigenvalue weighted by Gasteiger charge is 2.52. The first-order chi connectivity index (χ1) is 13.6. The second-order valence-corrected chi connectivity index (χ2v) is 10.7. The van der Waals surface area contributed by atoms with E-state index in [1.165, 1.54) is 4.90 Å². The fourth-order valence-corrected chi connectivity index (χ4v) is 3.79. The largest absolute Gasteiger partial charge is 0.494 e. The predicted octanol–water partition coefficient (Wildman–Crippen LogP) is 4.46. The van der Waals surface area contributed by atoms with Crippen LogP contribution in [0.4, 0.5) is 4.79 Å². The zero-order valence-electron chi connectivity index (χ0n) is 19.7. The Balaban J connectivity index is 1.97. The highest BCUT2D eigenvalue weighted by Crippen LogP contribution is 2.40. The van der Waals surface area contributed by atoms with Gasteiger partial charge in [-0.25, -0.2) is 9.69 Å². The van der Waals surface area contributed by atoms with Crippen LogP contribution in [0.15, 0.2) is 18.2 Å². The van der Waals surface area contributed by atoms with Crippen molar-refractivity contribution in [1.82, 2.24) is 4.90 Å². The van der Waals surface area contributed by atoms with E-state index in [0.29, 0.717) is 17.9 Å². The molecule has 2 heterocycles. The summed E-state index contributed by atoms with van der Waals surface area (Å²) in [6.07, 6.45) is 0.0525. The second-order valence-electron chi connectivity index (χ2n) is 10.7. The fourth-order valence-electron chi connectivity index (χ4n) is 3.79. The SMILES string of the molecule is CC(C)C[C@@H]1c2cc(B3OC(C)(C)C(C)(C)O3)ccc2C(=O)N1C(=O)OC(C)(C)C. The van der Waals surface area contributed by atoms with Gasteiger partial charge in [-0.3, -0.25) is 4.79 Å². The van der Waals surface area contributed by atoms with Crippen molar-refractivity contribution in [1.29, 1.82) is 0 Å².